The molecule has 0 aliphatic rings. The molecule has 1 unspecified atom stereocenters. The van der Waals surface area contributed by atoms with Crippen LogP contribution in [-0.2, 0) is 4.74 Å². The molecule has 0 amide bonds. The Morgan fingerprint density at radius 3 is 2.42 bits per heavy atom. The van der Waals surface area contributed by atoms with E-state index < -0.39 is 4.76 Å². The molecule has 0 aromatic heterocycles. The summed E-state index contributed by atoms with van der Waals surface area (Å²) < 4.78 is 16.8. The van der Waals surface area contributed by atoms with Crippen molar-refractivity contribution in [3.8, 4) is 0 Å². The van der Waals surface area contributed by atoms with Gasteiger partial charge in [0, 0.05) is 6.42 Å². The van der Waals surface area contributed by atoms with Gasteiger partial charge in [-0.2, -0.15) is 4.39 Å². The van der Waals surface area contributed by atoms with Crippen LogP contribution in [0.15, 0.2) is 0 Å². The van der Waals surface area contributed by atoms with Crippen molar-refractivity contribution in [1.29, 1.82) is 0 Å². The summed E-state index contributed by atoms with van der Waals surface area (Å²) in [7, 11) is 0. The Morgan fingerprint density at radius 2 is 2.00 bits per heavy atom. The van der Waals surface area contributed by atoms with Gasteiger partial charge in [-0.25, -0.2) is 0 Å². The lowest BCUT2D eigenvalue weighted by molar-refractivity contribution is -0.0995. The van der Waals surface area contributed by atoms with Crippen LogP contribution in [0.3, 0.4) is 0 Å². The Hall–Kier alpha value is 0.370. The van der Waals surface area contributed by atoms with Gasteiger partial charge in [0.15, 0.2) is 0 Å². The van der Waals surface area contributed by atoms with Gasteiger partial charge in [0.25, 0.3) is 4.76 Å². The molecule has 0 N–H and O–H groups in total. The number of rotatable bonds is 6. The average Bonchev–Trinajstić information content (AvgIpc) is 1.84. The Kier molecular flexibility index (Phi) is 6.10. The number of alkyl halides is 2. The molecule has 0 heterocycles. The summed E-state index contributed by atoms with van der Waals surface area (Å²) in [6.07, 6.45) is 3.38. The highest BCUT2D eigenvalue weighted by Gasteiger charge is 2.26. The standard InChI is InChI=1S/C9H18BrFO/c1-4-5-6-7-9(10,11)12-8(2)3/h8H,4-7H2,1-3H3. The monoisotopic (exact) mass is 240 g/mol. The Morgan fingerprint density at radius 1 is 1.42 bits per heavy atom. The van der Waals surface area contributed by atoms with Gasteiger partial charge in [0.05, 0.1) is 6.10 Å². The van der Waals surface area contributed by atoms with Gasteiger partial charge in [-0.3, -0.25) is 0 Å². The lowest BCUT2D eigenvalue weighted by Gasteiger charge is -2.21. The lowest BCUT2D eigenvalue weighted by atomic mass is 10.2. The second-order valence-corrected chi connectivity index (χ2v) is 4.45. The van der Waals surface area contributed by atoms with E-state index in [0.29, 0.717) is 6.42 Å². The Balaban J connectivity index is 3.56. The molecule has 0 saturated heterocycles. The van der Waals surface area contributed by atoms with Crippen molar-refractivity contribution in [2.45, 2.75) is 57.3 Å². The summed E-state index contributed by atoms with van der Waals surface area (Å²) >= 11 is 2.92. The third kappa shape index (κ3) is 7.04. The van der Waals surface area contributed by atoms with Gasteiger partial charge in [0.1, 0.15) is 0 Å². The predicted molar refractivity (Wildman–Crippen MR) is 53.1 cm³/mol. The summed E-state index contributed by atoms with van der Waals surface area (Å²) in [6.45, 7) is 5.75. The van der Waals surface area contributed by atoms with Crippen LogP contribution in [0, 0.1) is 0 Å². The fourth-order valence-electron chi connectivity index (χ4n) is 0.985. The summed E-state index contributed by atoms with van der Waals surface area (Å²) in [5.74, 6) is 0. The largest absolute Gasteiger partial charge is 0.335 e. The van der Waals surface area contributed by atoms with Crippen molar-refractivity contribution < 1.29 is 9.13 Å². The number of hydrogen-bond acceptors (Lipinski definition) is 1. The first-order valence-corrected chi connectivity index (χ1v) is 5.33. The van der Waals surface area contributed by atoms with E-state index >= 15 is 0 Å². The van der Waals surface area contributed by atoms with Crippen LogP contribution >= 0.6 is 15.9 Å². The maximum atomic E-state index is 13.4. The smallest absolute Gasteiger partial charge is 0.265 e. The van der Waals surface area contributed by atoms with Crippen molar-refractivity contribution in [1.82, 2.24) is 0 Å². The Bertz CT molecular complexity index is 115. The third-order valence-corrected chi connectivity index (χ3v) is 2.06. The van der Waals surface area contributed by atoms with E-state index in [1.807, 2.05) is 13.8 Å². The average molecular weight is 241 g/mol. The van der Waals surface area contributed by atoms with Crippen LogP contribution in [0.25, 0.3) is 0 Å². The van der Waals surface area contributed by atoms with E-state index in [2.05, 4.69) is 22.9 Å². The fraction of sp³-hybridized carbons (Fsp3) is 1.00. The molecule has 0 aliphatic carbocycles. The first kappa shape index (κ1) is 12.4. The van der Waals surface area contributed by atoms with Gasteiger partial charge in [-0.1, -0.05) is 19.8 Å². The molecule has 0 aliphatic heterocycles. The van der Waals surface area contributed by atoms with Gasteiger partial charge in [-0.05, 0) is 36.2 Å². The number of hydrogen-bond donors (Lipinski definition) is 0. The van der Waals surface area contributed by atoms with Crippen LogP contribution in [0.4, 0.5) is 4.39 Å². The van der Waals surface area contributed by atoms with Crippen molar-refractivity contribution in [2.75, 3.05) is 0 Å². The summed E-state index contributed by atoms with van der Waals surface area (Å²) in [6, 6.07) is 0. The highest BCUT2D eigenvalue weighted by molar-refractivity contribution is 9.10. The molecule has 0 radical (unpaired) electrons. The van der Waals surface area contributed by atoms with Crippen LogP contribution in [0.1, 0.15) is 46.5 Å². The second kappa shape index (κ2) is 5.92. The van der Waals surface area contributed by atoms with Gasteiger partial charge in [-0.15, -0.1) is 0 Å². The van der Waals surface area contributed by atoms with E-state index in [-0.39, 0.29) is 6.10 Å². The molecule has 0 saturated carbocycles. The molecule has 1 atom stereocenters. The van der Waals surface area contributed by atoms with Crippen LogP contribution in [0.5, 0.6) is 0 Å². The zero-order valence-corrected chi connectivity index (χ0v) is 9.66. The Labute approximate surface area is 82.8 Å². The molecule has 74 valence electrons. The topological polar surface area (TPSA) is 9.23 Å². The van der Waals surface area contributed by atoms with E-state index in [4.69, 9.17) is 4.74 Å². The fourth-order valence-corrected chi connectivity index (χ4v) is 1.64. The van der Waals surface area contributed by atoms with Crippen LogP contribution in [0.2, 0.25) is 0 Å². The normalized spacial score (nSPS) is 16.5. The van der Waals surface area contributed by atoms with Crippen molar-refractivity contribution in [3.63, 3.8) is 0 Å². The minimum Gasteiger partial charge on any atom is -0.335 e. The molecule has 0 rings (SSSR count). The van der Waals surface area contributed by atoms with Crippen molar-refractivity contribution >= 4 is 15.9 Å². The second-order valence-electron chi connectivity index (χ2n) is 3.26. The molecule has 12 heavy (non-hydrogen) atoms. The quantitative estimate of drug-likeness (QED) is 0.504. The molecule has 0 aromatic rings. The van der Waals surface area contributed by atoms with E-state index in [1.54, 1.807) is 0 Å². The first-order chi connectivity index (χ1) is 5.48. The molecule has 0 aromatic carbocycles. The highest BCUT2D eigenvalue weighted by atomic mass is 79.9. The van der Waals surface area contributed by atoms with E-state index in [0.717, 1.165) is 19.3 Å². The number of ether oxygens (including phenoxy) is 1. The number of unbranched alkanes of at least 4 members (excludes halogenated alkanes) is 2. The third-order valence-electron chi connectivity index (χ3n) is 1.48. The van der Waals surface area contributed by atoms with Gasteiger partial charge in [0.2, 0.25) is 0 Å². The van der Waals surface area contributed by atoms with E-state index in [1.165, 1.54) is 0 Å². The highest BCUT2D eigenvalue weighted by Crippen LogP contribution is 2.29. The molecule has 0 spiro atoms. The molecule has 0 bridgehead atoms. The van der Waals surface area contributed by atoms with Crippen LogP contribution < -0.4 is 0 Å². The zero-order chi connectivity index (χ0) is 9.61. The first-order valence-electron chi connectivity index (χ1n) is 4.53. The molecular formula is C9H18BrFO. The van der Waals surface area contributed by atoms with Gasteiger partial charge < -0.3 is 4.74 Å². The SMILES string of the molecule is CCCCCC(F)(Br)OC(C)C. The predicted octanol–water partition coefficient (Wildman–Crippen LogP) is 4.01. The lowest BCUT2D eigenvalue weighted by Crippen LogP contribution is -2.22. The van der Waals surface area contributed by atoms with Gasteiger partial charge >= 0.3 is 0 Å². The van der Waals surface area contributed by atoms with E-state index in [9.17, 15) is 4.39 Å². The minimum absolute atomic E-state index is 0.0731. The maximum absolute atomic E-state index is 13.4. The molecule has 3 heteroatoms. The zero-order valence-electron chi connectivity index (χ0n) is 8.07. The minimum atomic E-state index is -1.61. The summed E-state index contributed by atoms with van der Waals surface area (Å²) in [5.41, 5.74) is 0. The summed E-state index contributed by atoms with van der Waals surface area (Å²) in [4.78, 5) is 0. The summed E-state index contributed by atoms with van der Waals surface area (Å²) in [5, 5.41) is 0. The molecule has 0 fully saturated rings. The van der Waals surface area contributed by atoms with Crippen LogP contribution in [-0.4, -0.2) is 10.9 Å². The number of halogens is 2. The van der Waals surface area contributed by atoms with Crippen molar-refractivity contribution in [2.24, 2.45) is 0 Å². The molecule has 1 nitrogen and oxygen atoms in total. The molecular weight excluding hydrogens is 223 g/mol. The van der Waals surface area contributed by atoms with Crippen molar-refractivity contribution in [3.05, 3.63) is 0 Å². The maximum Gasteiger partial charge on any atom is 0.265 e.